The number of thioether (sulfide) groups is 1. The quantitative estimate of drug-likeness (QED) is 0.100. The Labute approximate surface area is 266 Å². The molecule has 1 aliphatic rings. The van der Waals surface area contributed by atoms with Crippen molar-refractivity contribution in [1.82, 2.24) is 15.2 Å². The van der Waals surface area contributed by atoms with Gasteiger partial charge in [-0.25, -0.2) is 4.98 Å². The van der Waals surface area contributed by atoms with Gasteiger partial charge in [0.25, 0.3) is 5.91 Å². The zero-order chi connectivity index (χ0) is 30.8. The Hall–Kier alpha value is -3.45. The molecule has 1 N–H and O–H groups in total. The van der Waals surface area contributed by atoms with Crippen LogP contribution in [-0.2, 0) is 10.5 Å². The van der Waals surface area contributed by atoms with Crippen molar-refractivity contribution in [3.63, 3.8) is 0 Å². The number of Topliss-reactive ketones (excluding diaryl/α,β-unsaturated/α-hetero) is 1. The van der Waals surface area contributed by atoms with Crippen molar-refractivity contribution in [1.29, 1.82) is 0 Å². The van der Waals surface area contributed by atoms with Crippen LogP contribution in [0.2, 0.25) is 5.02 Å². The van der Waals surface area contributed by atoms with Crippen LogP contribution in [-0.4, -0.2) is 45.7 Å². The molecule has 5 rings (SSSR count). The van der Waals surface area contributed by atoms with Gasteiger partial charge in [0.15, 0.2) is 21.6 Å². The van der Waals surface area contributed by atoms with Crippen molar-refractivity contribution in [2.24, 2.45) is 5.92 Å². The van der Waals surface area contributed by atoms with E-state index in [9.17, 15) is 14.7 Å². The number of benzene rings is 2. The number of nitrogens with zero attached hydrogens (tertiary/aromatic N) is 4. The number of halogens is 1. The first-order chi connectivity index (χ1) is 20.6. The van der Waals surface area contributed by atoms with E-state index < -0.39 is 23.5 Å². The van der Waals surface area contributed by atoms with Crippen molar-refractivity contribution in [2.45, 2.75) is 43.8 Å². The number of aryl methyl sites for hydroxylation is 2. The molecule has 1 aliphatic heterocycles. The highest BCUT2D eigenvalue weighted by Gasteiger charge is 2.47. The highest BCUT2D eigenvalue weighted by Crippen LogP contribution is 2.46. The van der Waals surface area contributed by atoms with Gasteiger partial charge in [0.05, 0.1) is 40.9 Å². The summed E-state index contributed by atoms with van der Waals surface area (Å²) in [6.07, 6.45) is 0. The number of amides is 1. The van der Waals surface area contributed by atoms with Crippen molar-refractivity contribution in [3.8, 4) is 11.5 Å². The Morgan fingerprint density at radius 3 is 2.51 bits per heavy atom. The molecule has 2 aromatic heterocycles. The Bertz CT molecular complexity index is 1700. The smallest absolute Gasteiger partial charge is 0.296 e. The lowest BCUT2D eigenvalue weighted by Crippen LogP contribution is -2.31. The van der Waals surface area contributed by atoms with Crippen molar-refractivity contribution in [3.05, 3.63) is 85.5 Å². The summed E-state index contributed by atoms with van der Waals surface area (Å²) >= 11 is 9.88. The van der Waals surface area contributed by atoms with Gasteiger partial charge in [-0.2, -0.15) is 0 Å². The third-order valence-electron chi connectivity index (χ3n) is 6.52. The predicted molar refractivity (Wildman–Crippen MR) is 170 cm³/mol. The van der Waals surface area contributed by atoms with Crippen LogP contribution in [0.25, 0.3) is 0 Å². The summed E-state index contributed by atoms with van der Waals surface area (Å²) in [5.74, 6) is 0.0405. The molecule has 0 spiro atoms. The molecular weight excluding hydrogens is 628 g/mol. The number of aromatic nitrogens is 3. The first-order valence-corrected chi connectivity index (χ1v) is 16.3. The average Bonchev–Trinajstić information content (AvgIpc) is 3.66. The third kappa shape index (κ3) is 6.57. The Morgan fingerprint density at radius 2 is 1.86 bits per heavy atom. The second-order valence-corrected chi connectivity index (χ2v) is 14.0. The number of hydrogen-bond donors (Lipinski definition) is 1. The molecule has 4 aromatic rings. The molecule has 1 atom stereocenters. The van der Waals surface area contributed by atoms with Crippen LogP contribution in [0.1, 0.15) is 51.4 Å². The van der Waals surface area contributed by atoms with E-state index in [0.29, 0.717) is 60.3 Å². The van der Waals surface area contributed by atoms with Gasteiger partial charge >= 0.3 is 0 Å². The second-order valence-electron chi connectivity index (χ2n) is 10.2. The van der Waals surface area contributed by atoms with Gasteiger partial charge in [-0.05, 0) is 55.2 Å². The summed E-state index contributed by atoms with van der Waals surface area (Å²) in [6.45, 7) is 8.11. The summed E-state index contributed by atoms with van der Waals surface area (Å²) in [7, 11) is 1.52. The normalized spacial score (nSPS) is 15.1. The van der Waals surface area contributed by atoms with Gasteiger partial charge in [-0.3, -0.25) is 14.5 Å². The minimum Gasteiger partial charge on any atom is -0.503 e. The fourth-order valence-electron chi connectivity index (χ4n) is 4.53. The van der Waals surface area contributed by atoms with E-state index in [-0.39, 0.29) is 10.7 Å². The van der Waals surface area contributed by atoms with Crippen LogP contribution in [0.3, 0.4) is 0 Å². The molecule has 0 radical (unpaired) electrons. The standard InChI is InChI=1S/C30H29ClN4O5S3/c1-15(2)13-40-21-11-8-19(12-22(21)39-5)24-23(25(36)27-16(3)32-17(4)42-27)26(37)28(38)35(24)29-33-34-30(43-29)41-14-18-6-9-20(31)10-7-18/h6-12,15,24,37H,13-14H2,1-5H3. The number of thiazole rings is 1. The summed E-state index contributed by atoms with van der Waals surface area (Å²) in [6, 6.07) is 11.7. The monoisotopic (exact) mass is 656 g/mol. The van der Waals surface area contributed by atoms with Gasteiger partial charge in [0.2, 0.25) is 10.9 Å². The van der Waals surface area contributed by atoms with Crippen molar-refractivity contribution < 1.29 is 24.2 Å². The van der Waals surface area contributed by atoms with Crippen LogP contribution < -0.4 is 14.4 Å². The van der Waals surface area contributed by atoms with Gasteiger partial charge < -0.3 is 14.6 Å². The topological polar surface area (TPSA) is 115 Å². The number of rotatable bonds is 11. The lowest BCUT2D eigenvalue weighted by atomic mass is 9.95. The summed E-state index contributed by atoms with van der Waals surface area (Å²) < 4.78 is 12.2. The Balaban J connectivity index is 1.53. The number of aliphatic hydroxyl groups excluding tert-OH is 1. The van der Waals surface area contributed by atoms with E-state index >= 15 is 0 Å². The highest BCUT2D eigenvalue weighted by atomic mass is 35.5. The van der Waals surface area contributed by atoms with Crippen molar-refractivity contribution in [2.75, 3.05) is 18.6 Å². The number of methoxy groups -OCH3 is 1. The number of carbonyl (C=O) groups is 2. The number of carbonyl (C=O) groups excluding carboxylic acids is 2. The molecule has 1 unspecified atom stereocenters. The molecule has 9 nitrogen and oxygen atoms in total. The van der Waals surface area contributed by atoms with Crippen LogP contribution in [0.4, 0.5) is 5.13 Å². The fraction of sp³-hybridized carbons (Fsp3) is 0.300. The Morgan fingerprint density at radius 1 is 1.12 bits per heavy atom. The van der Waals surface area contributed by atoms with Gasteiger partial charge in [0.1, 0.15) is 0 Å². The molecule has 0 saturated heterocycles. The van der Waals surface area contributed by atoms with E-state index in [4.69, 9.17) is 21.1 Å². The lowest BCUT2D eigenvalue weighted by Gasteiger charge is -2.25. The molecule has 43 heavy (non-hydrogen) atoms. The summed E-state index contributed by atoms with van der Waals surface area (Å²) in [5, 5.41) is 21.4. The fourth-order valence-corrected chi connectivity index (χ4v) is 7.35. The Kier molecular flexibility index (Phi) is 9.40. The summed E-state index contributed by atoms with van der Waals surface area (Å²) in [4.78, 5) is 33.7. The largest absolute Gasteiger partial charge is 0.503 e. The molecule has 0 aliphatic carbocycles. The molecule has 0 fully saturated rings. The van der Waals surface area contributed by atoms with E-state index in [0.717, 1.165) is 5.56 Å². The maximum absolute atomic E-state index is 14.0. The molecule has 13 heteroatoms. The number of anilines is 1. The minimum atomic E-state index is -0.989. The van der Waals surface area contributed by atoms with Crippen LogP contribution in [0.5, 0.6) is 11.5 Å². The third-order valence-corrected chi connectivity index (χ3v) is 9.97. The van der Waals surface area contributed by atoms with Crippen molar-refractivity contribution >= 4 is 62.9 Å². The van der Waals surface area contributed by atoms with E-state index in [1.54, 1.807) is 32.0 Å². The van der Waals surface area contributed by atoms with Crippen LogP contribution >= 0.6 is 46.0 Å². The number of ether oxygens (including phenoxy) is 2. The predicted octanol–water partition coefficient (Wildman–Crippen LogP) is 7.38. The highest BCUT2D eigenvalue weighted by molar-refractivity contribution is 8.00. The maximum Gasteiger partial charge on any atom is 0.296 e. The molecule has 3 heterocycles. The van der Waals surface area contributed by atoms with Gasteiger partial charge in [0, 0.05) is 10.8 Å². The van der Waals surface area contributed by atoms with Crippen LogP contribution in [0, 0.1) is 19.8 Å². The zero-order valence-electron chi connectivity index (χ0n) is 24.1. The van der Waals surface area contributed by atoms with E-state index in [2.05, 4.69) is 15.2 Å². The molecule has 0 bridgehead atoms. The number of aliphatic hydroxyl groups is 1. The first kappa shape index (κ1) is 31.0. The SMILES string of the molecule is COc1cc(C2C(C(=O)c3sc(C)nc3C)=C(O)C(=O)N2c2nnc(SCc3ccc(Cl)cc3)s2)ccc1OCC(C)C. The second kappa shape index (κ2) is 13.0. The molecule has 0 saturated carbocycles. The summed E-state index contributed by atoms with van der Waals surface area (Å²) in [5.41, 5.74) is 2.07. The number of hydrogen-bond acceptors (Lipinski definition) is 11. The first-order valence-electron chi connectivity index (χ1n) is 13.3. The maximum atomic E-state index is 14.0. The van der Waals surface area contributed by atoms with E-state index in [1.165, 1.54) is 46.4 Å². The molecule has 224 valence electrons. The molecule has 2 aromatic carbocycles. The van der Waals surface area contributed by atoms with Crippen LogP contribution in [0.15, 0.2) is 58.1 Å². The lowest BCUT2D eigenvalue weighted by molar-refractivity contribution is -0.117. The zero-order valence-corrected chi connectivity index (χ0v) is 27.3. The van der Waals surface area contributed by atoms with Gasteiger partial charge in [-0.15, -0.1) is 21.5 Å². The van der Waals surface area contributed by atoms with Gasteiger partial charge in [-0.1, -0.05) is 66.7 Å². The average molecular weight is 657 g/mol. The number of ketones is 1. The molecule has 1 amide bonds. The minimum absolute atomic E-state index is 0.0554. The van der Waals surface area contributed by atoms with E-state index in [1.807, 2.05) is 38.1 Å². The molecular formula is C30H29ClN4O5S3.